The van der Waals surface area contributed by atoms with Gasteiger partial charge in [0, 0.05) is 12.1 Å². The maximum atomic E-state index is 5.53. The summed E-state index contributed by atoms with van der Waals surface area (Å²) in [5, 5.41) is 14.6. The fourth-order valence-corrected chi connectivity index (χ4v) is 1.59. The topological polar surface area (TPSA) is 63.0 Å². The van der Waals surface area contributed by atoms with Crippen molar-refractivity contribution in [3.63, 3.8) is 0 Å². The van der Waals surface area contributed by atoms with Crippen molar-refractivity contribution in [1.29, 1.82) is 0 Å². The molecular weight excluding hydrogens is 216 g/mol. The summed E-state index contributed by atoms with van der Waals surface area (Å²) < 4.78 is 5.53. The number of aromatic nitrogens is 2. The molecule has 5 heteroatoms. The van der Waals surface area contributed by atoms with Crippen LogP contribution in [0.5, 0.6) is 0 Å². The van der Waals surface area contributed by atoms with Gasteiger partial charge in [-0.1, -0.05) is 25.4 Å². The van der Waals surface area contributed by atoms with Crippen LogP contribution in [-0.4, -0.2) is 22.3 Å². The summed E-state index contributed by atoms with van der Waals surface area (Å²) in [4.78, 5) is 0. The predicted molar refractivity (Wildman–Crippen MR) is 66.7 cm³/mol. The number of hydrogen-bond acceptors (Lipinski definition) is 5. The van der Waals surface area contributed by atoms with Gasteiger partial charge in [-0.15, -0.1) is 5.10 Å². The third-order valence-corrected chi connectivity index (χ3v) is 3.43. The van der Waals surface area contributed by atoms with Gasteiger partial charge < -0.3 is 15.1 Å². The summed E-state index contributed by atoms with van der Waals surface area (Å²) in [7, 11) is 0. The second kappa shape index (κ2) is 5.49. The first-order valence-electron chi connectivity index (χ1n) is 6.51. The van der Waals surface area contributed by atoms with E-state index >= 15 is 0 Å². The van der Waals surface area contributed by atoms with Crippen molar-refractivity contribution >= 4 is 6.01 Å². The molecule has 2 N–H and O–H groups in total. The molecule has 1 aromatic rings. The molecule has 0 aromatic carbocycles. The number of nitrogens with zero attached hydrogens (tertiary/aromatic N) is 2. The smallest absolute Gasteiger partial charge is 0.315 e. The van der Waals surface area contributed by atoms with Crippen molar-refractivity contribution in [2.24, 2.45) is 5.92 Å². The summed E-state index contributed by atoms with van der Waals surface area (Å²) in [6, 6.07) is 1.55. The molecule has 0 amide bonds. The molecule has 0 radical (unpaired) electrons. The van der Waals surface area contributed by atoms with Gasteiger partial charge in [0.25, 0.3) is 0 Å². The van der Waals surface area contributed by atoms with Crippen LogP contribution >= 0.6 is 0 Å². The Morgan fingerprint density at radius 1 is 1.35 bits per heavy atom. The molecule has 0 spiro atoms. The normalized spacial score (nSPS) is 19.0. The van der Waals surface area contributed by atoms with Crippen LogP contribution < -0.4 is 10.6 Å². The summed E-state index contributed by atoms with van der Waals surface area (Å²) in [5.41, 5.74) is 0. The van der Waals surface area contributed by atoms with Gasteiger partial charge >= 0.3 is 6.01 Å². The van der Waals surface area contributed by atoms with Gasteiger partial charge in [-0.05, 0) is 25.7 Å². The van der Waals surface area contributed by atoms with Crippen LogP contribution in [0.2, 0.25) is 0 Å². The molecule has 2 unspecified atom stereocenters. The zero-order chi connectivity index (χ0) is 12.3. The van der Waals surface area contributed by atoms with Gasteiger partial charge in [-0.25, -0.2) is 0 Å². The maximum absolute atomic E-state index is 5.53. The molecule has 5 nitrogen and oxygen atoms in total. The summed E-state index contributed by atoms with van der Waals surface area (Å²) in [6.45, 7) is 7.21. The van der Waals surface area contributed by atoms with Crippen molar-refractivity contribution in [2.45, 2.75) is 58.7 Å². The van der Waals surface area contributed by atoms with Crippen molar-refractivity contribution in [3.8, 4) is 0 Å². The lowest BCUT2D eigenvalue weighted by atomic mass is 10.0. The molecule has 1 fully saturated rings. The molecule has 96 valence electrons. The molecular formula is C12H22N4O. The Morgan fingerprint density at radius 2 is 2.12 bits per heavy atom. The van der Waals surface area contributed by atoms with Crippen LogP contribution in [0.25, 0.3) is 0 Å². The van der Waals surface area contributed by atoms with E-state index in [1.807, 2.05) is 0 Å². The van der Waals surface area contributed by atoms with Crippen LogP contribution in [0.1, 0.15) is 45.9 Å². The Hall–Kier alpha value is -1.10. The van der Waals surface area contributed by atoms with E-state index in [0.29, 0.717) is 36.5 Å². The number of anilines is 1. The highest BCUT2D eigenvalue weighted by atomic mass is 16.4. The van der Waals surface area contributed by atoms with Gasteiger partial charge in [0.1, 0.15) is 0 Å². The predicted octanol–water partition coefficient (Wildman–Crippen LogP) is 2.17. The Balaban J connectivity index is 1.80. The Labute approximate surface area is 102 Å². The lowest BCUT2D eigenvalue weighted by Gasteiger charge is -2.17. The summed E-state index contributed by atoms with van der Waals surface area (Å²) in [5.74, 6) is 1.26. The minimum atomic E-state index is 0.352. The highest BCUT2D eigenvalue weighted by molar-refractivity contribution is 5.19. The minimum Gasteiger partial charge on any atom is -0.407 e. The van der Waals surface area contributed by atoms with E-state index in [1.54, 1.807) is 0 Å². The van der Waals surface area contributed by atoms with E-state index in [4.69, 9.17) is 4.42 Å². The molecule has 17 heavy (non-hydrogen) atoms. The zero-order valence-electron chi connectivity index (χ0n) is 10.9. The minimum absolute atomic E-state index is 0.352. The number of rotatable bonds is 7. The SMILES string of the molecule is CCC(C)C(C)Nc1nnc(CNC2CC2)o1. The van der Waals surface area contributed by atoms with Crippen molar-refractivity contribution in [2.75, 3.05) is 5.32 Å². The van der Waals surface area contributed by atoms with Crippen molar-refractivity contribution in [3.05, 3.63) is 5.89 Å². The Morgan fingerprint density at radius 3 is 2.76 bits per heavy atom. The summed E-state index contributed by atoms with van der Waals surface area (Å²) in [6.07, 6.45) is 3.67. The fourth-order valence-electron chi connectivity index (χ4n) is 1.59. The summed E-state index contributed by atoms with van der Waals surface area (Å²) >= 11 is 0. The highest BCUT2D eigenvalue weighted by Crippen LogP contribution is 2.19. The first-order chi connectivity index (χ1) is 8.19. The molecule has 0 aliphatic heterocycles. The van der Waals surface area contributed by atoms with Crippen molar-refractivity contribution < 1.29 is 4.42 Å². The first kappa shape index (κ1) is 12.4. The molecule has 1 saturated carbocycles. The van der Waals surface area contributed by atoms with E-state index in [2.05, 4.69) is 41.6 Å². The fraction of sp³-hybridized carbons (Fsp3) is 0.833. The van der Waals surface area contributed by atoms with Gasteiger partial charge in [0.2, 0.25) is 5.89 Å². The van der Waals surface area contributed by atoms with Crippen LogP contribution in [0.15, 0.2) is 4.42 Å². The largest absolute Gasteiger partial charge is 0.407 e. The van der Waals surface area contributed by atoms with Gasteiger partial charge in [0.05, 0.1) is 6.54 Å². The lowest BCUT2D eigenvalue weighted by molar-refractivity contribution is 0.448. The average molecular weight is 238 g/mol. The molecule has 1 heterocycles. The van der Waals surface area contributed by atoms with Crippen LogP contribution in [0.3, 0.4) is 0 Å². The van der Waals surface area contributed by atoms with Crippen LogP contribution in [-0.2, 0) is 6.54 Å². The van der Waals surface area contributed by atoms with Gasteiger partial charge in [0.15, 0.2) is 0 Å². The van der Waals surface area contributed by atoms with Crippen LogP contribution in [0.4, 0.5) is 6.01 Å². The molecule has 1 aliphatic rings. The highest BCUT2D eigenvalue weighted by Gasteiger charge is 2.21. The molecule has 0 bridgehead atoms. The van der Waals surface area contributed by atoms with E-state index in [1.165, 1.54) is 12.8 Å². The molecule has 1 aromatic heterocycles. The van der Waals surface area contributed by atoms with E-state index in [-0.39, 0.29) is 0 Å². The van der Waals surface area contributed by atoms with E-state index in [0.717, 1.165) is 6.42 Å². The quantitative estimate of drug-likeness (QED) is 0.762. The third-order valence-electron chi connectivity index (χ3n) is 3.43. The monoisotopic (exact) mass is 238 g/mol. The Bertz CT molecular complexity index is 348. The number of nitrogens with one attached hydrogen (secondary N) is 2. The van der Waals surface area contributed by atoms with E-state index in [9.17, 15) is 0 Å². The second-order valence-corrected chi connectivity index (χ2v) is 4.97. The lowest BCUT2D eigenvalue weighted by Crippen LogP contribution is -2.23. The zero-order valence-corrected chi connectivity index (χ0v) is 10.9. The second-order valence-electron chi connectivity index (χ2n) is 4.97. The maximum Gasteiger partial charge on any atom is 0.315 e. The average Bonchev–Trinajstić information content (AvgIpc) is 3.06. The molecule has 1 aliphatic carbocycles. The molecule has 0 saturated heterocycles. The first-order valence-corrected chi connectivity index (χ1v) is 6.51. The molecule has 2 rings (SSSR count). The number of hydrogen-bond donors (Lipinski definition) is 2. The van der Waals surface area contributed by atoms with E-state index < -0.39 is 0 Å². The standard InChI is InChI=1S/C12H22N4O/c1-4-8(2)9(3)14-12-16-15-11(17-12)7-13-10-5-6-10/h8-10,13H,4-7H2,1-3H3,(H,14,16). The molecule has 2 atom stereocenters. The van der Waals surface area contributed by atoms with Crippen LogP contribution in [0, 0.1) is 5.92 Å². The van der Waals surface area contributed by atoms with Crippen molar-refractivity contribution in [1.82, 2.24) is 15.5 Å². The van der Waals surface area contributed by atoms with Gasteiger partial charge in [-0.3, -0.25) is 0 Å². The Kier molecular flexibility index (Phi) is 3.99. The third kappa shape index (κ3) is 3.70. The van der Waals surface area contributed by atoms with Gasteiger partial charge in [-0.2, -0.15) is 0 Å².